The fourth-order valence-corrected chi connectivity index (χ4v) is 3.15. The zero-order valence-electron chi connectivity index (χ0n) is 12.6. The molecule has 1 aromatic carbocycles. The summed E-state index contributed by atoms with van der Waals surface area (Å²) in [5.41, 5.74) is -1.24. The Hall–Kier alpha value is -2.66. The number of carboxylic acid groups (broad SMARTS) is 2. The van der Waals surface area contributed by atoms with E-state index in [9.17, 15) is 19.8 Å². The van der Waals surface area contributed by atoms with Crippen LogP contribution in [0.25, 0.3) is 0 Å². The van der Waals surface area contributed by atoms with Crippen LogP contribution in [0.15, 0.2) is 23.2 Å². The van der Waals surface area contributed by atoms with Gasteiger partial charge in [0.1, 0.15) is 16.5 Å². The van der Waals surface area contributed by atoms with Crippen LogP contribution in [0, 0.1) is 12.3 Å². The van der Waals surface area contributed by atoms with Crippen LogP contribution in [0.1, 0.15) is 18.4 Å². The maximum absolute atomic E-state index is 11.3. The number of benzene rings is 1. The van der Waals surface area contributed by atoms with Crippen LogP contribution in [0.2, 0.25) is 0 Å². The molecule has 8 heteroatoms. The largest absolute Gasteiger partial charge is 0.507 e. The molecule has 1 aliphatic heterocycles. The van der Waals surface area contributed by atoms with Gasteiger partial charge in [0.15, 0.2) is 0 Å². The molecule has 1 atom stereocenters. The summed E-state index contributed by atoms with van der Waals surface area (Å²) in [6, 6.07) is 4.52. The van der Waals surface area contributed by atoms with E-state index in [0.717, 1.165) is 11.8 Å². The molecule has 0 aromatic heterocycles. The van der Waals surface area contributed by atoms with Gasteiger partial charge in [0.05, 0.1) is 6.61 Å². The number of carbonyl (C=O) groups is 2. The van der Waals surface area contributed by atoms with Gasteiger partial charge in [-0.3, -0.25) is 4.79 Å². The molecule has 126 valence electrons. The van der Waals surface area contributed by atoms with Gasteiger partial charge in [-0.15, -0.1) is 18.2 Å². The molecule has 0 radical (unpaired) electrons. The van der Waals surface area contributed by atoms with Crippen LogP contribution >= 0.6 is 11.8 Å². The van der Waals surface area contributed by atoms with E-state index in [-0.39, 0.29) is 24.5 Å². The lowest BCUT2D eigenvalue weighted by molar-refractivity contribution is -0.140. The summed E-state index contributed by atoms with van der Waals surface area (Å²) in [5, 5.41) is 28.2. The Kier molecular flexibility index (Phi) is 5.36. The second kappa shape index (κ2) is 7.27. The average Bonchev–Trinajstić information content (AvgIpc) is 2.97. The van der Waals surface area contributed by atoms with E-state index in [4.69, 9.17) is 16.3 Å². The molecule has 24 heavy (non-hydrogen) atoms. The molecule has 1 aliphatic rings. The van der Waals surface area contributed by atoms with Gasteiger partial charge in [-0.1, -0.05) is 5.92 Å². The molecule has 1 heterocycles. The number of hydrogen-bond donors (Lipinski definition) is 3. The number of phenolic OH excluding ortho intramolecular Hbond substituents is 1. The summed E-state index contributed by atoms with van der Waals surface area (Å²) in [7, 11) is 0. The lowest BCUT2D eigenvalue weighted by Crippen LogP contribution is -2.35. The number of aliphatic carboxylic acids is 2. The number of thioether (sulfide) groups is 1. The van der Waals surface area contributed by atoms with E-state index in [1.807, 2.05) is 0 Å². The van der Waals surface area contributed by atoms with Gasteiger partial charge < -0.3 is 20.1 Å². The summed E-state index contributed by atoms with van der Waals surface area (Å²) >= 11 is 1.16. The third kappa shape index (κ3) is 3.81. The maximum Gasteiger partial charge on any atom is 0.345 e. The Labute approximate surface area is 142 Å². The molecule has 0 fully saturated rings. The second-order valence-corrected chi connectivity index (χ2v) is 6.00. The van der Waals surface area contributed by atoms with Gasteiger partial charge in [-0.05, 0) is 18.6 Å². The highest BCUT2D eigenvalue weighted by Gasteiger charge is 2.42. The molecule has 3 N–H and O–H groups in total. The fourth-order valence-electron chi connectivity index (χ4n) is 1.99. The summed E-state index contributed by atoms with van der Waals surface area (Å²) in [6.45, 7) is 0.208. The molecule has 0 saturated heterocycles. The van der Waals surface area contributed by atoms with Crippen LogP contribution < -0.4 is 4.74 Å². The molecule has 0 amide bonds. The SMILES string of the molecule is C#C[C@]1(C(=O)O)CSC(c2ccc(OCCCC(=O)O)cc2O)=N1. The predicted octanol–water partition coefficient (Wildman–Crippen LogP) is 1.59. The first kappa shape index (κ1) is 17.7. The monoisotopic (exact) mass is 349 g/mol. The van der Waals surface area contributed by atoms with Gasteiger partial charge in [0, 0.05) is 23.8 Å². The first-order chi connectivity index (χ1) is 11.4. The molecule has 2 rings (SSSR count). The number of rotatable bonds is 7. The molecular weight excluding hydrogens is 334 g/mol. The van der Waals surface area contributed by atoms with Crippen molar-refractivity contribution in [3.05, 3.63) is 23.8 Å². The van der Waals surface area contributed by atoms with Gasteiger partial charge in [-0.25, -0.2) is 9.79 Å². The first-order valence-corrected chi connectivity index (χ1v) is 7.98. The second-order valence-electron chi connectivity index (χ2n) is 5.04. The van der Waals surface area contributed by atoms with Crippen molar-refractivity contribution in [2.75, 3.05) is 12.4 Å². The number of carboxylic acids is 2. The summed E-state index contributed by atoms with van der Waals surface area (Å²) in [4.78, 5) is 25.8. The van der Waals surface area contributed by atoms with Crippen molar-refractivity contribution in [1.82, 2.24) is 0 Å². The number of aliphatic imine (C=N–C) groups is 1. The standard InChI is InChI=1S/C16H15NO6S/c1-2-16(15(21)22)9-24-14(17-16)11-6-5-10(8-12(11)18)23-7-3-4-13(19)20/h1,5-6,8,18H,3-4,7,9H2,(H,19,20)(H,21,22)/t16-/m1/s1. The highest BCUT2D eigenvalue weighted by atomic mass is 32.2. The Morgan fingerprint density at radius 3 is 2.71 bits per heavy atom. The number of nitrogens with zero attached hydrogens (tertiary/aromatic N) is 1. The highest BCUT2D eigenvalue weighted by molar-refractivity contribution is 8.14. The van der Waals surface area contributed by atoms with Gasteiger partial charge in [-0.2, -0.15) is 0 Å². The van der Waals surface area contributed by atoms with Crippen LogP contribution in [0.4, 0.5) is 0 Å². The van der Waals surface area contributed by atoms with Crippen LogP contribution in [-0.2, 0) is 9.59 Å². The zero-order valence-corrected chi connectivity index (χ0v) is 13.4. The van der Waals surface area contributed by atoms with E-state index in [1.54, 1.807) is 12.1 Å². The normalized spacial score (nSPS) is 19.4. The number of ether oxygens (including phenoxy) is 1. The topological polar surface area (TPSA) is 116 Å². The van der Waals surface area contributed by atoms with Crippen molar-refractivity contribution in [3.8, 4) is 23.8 Å². The lowest BCUT2D eigenvalue weighted by Gasteiger charge is -2.11. The minimum atomic E-state index is -1.61. The molecule has 0 spiro atoms. The minimum Gasteiger partial charge on any atom is -0.507 e. The quantitative estimate of drug-likeness (QED) is 0.505. The van der Waals surface area contributed by atoms with Crippen LogP contribution in [0.3, 0.4) is 0 Å². The smallest absolute Gasteiger partial charge is 0.345 e. The Bertz CT molecular complexity index is 739. The Balaban J connectivity index is 2.11. The van der Waals surface area contributed by atoms with E-state index < -0.39 is 17.5 Å². The van der Waals surface area contributed by atoms with Gasteiger partial charge >= 0.3 is 11.9 Å². The first-order valence-electron chi connectivity index (χ1n) is 7.00. The van der Waals surface area contributed by atoms with Crippen molar-refractivity contribution < 1.29 is 29.6 Å². The van der Waals surface area contributed by atoms with Crippen molar-refractivity contribution in [3.63, 3.8) is 0 Å². The van der Waals surface area contributed by atoms with E-state index in [2.05, 4.69) is 10.9 Å². The summed E-state index contributed by atoms with van der Waals surface area (Å²) in [5.74, 6) is 0.450. The number of terminal acetylenes is 1. The zero-order chi connectivity index (χ0) is 17.7. The third-order valence-corrected chi connectivity index (χ3v) is 4.45. The average molecular weight is 349 g/mol. The molecule has 0 bridgehead atoms. The van der Waals surface area contributed by atoms with Crippen LogP contribution in [-0.4, -0.2) is 50.2 Å². The Morgan fingerprint density at radius 1 is 1.42 bits per heavy atom. The van der Waals surface area contributed by atoms with E-state index >= 15 is 0 Å². The van der Waals surface area contributed by atoms with Crippen molar-refractivity contribution >= 4 is 28.7 Å². The van der Waals surface area contributed by atoms with Gasteiger partial charge in [0.2, 0.25) is 5.54 Å². The summed E-state index contributed by atoms with van der Waals surface area (Å²) < 4.78 is 5.36. The van der Waals surface area contributed by atoms with E-state index in [0.29, 0.717) is 22.8 Å². The molecule has 0 unspecified atom stereocenters. The highest BCUT2D eigenvalue weighted by Crippen LogP contribution is 2.35. The molecule has 7 nitrogen and oxygen atoms in total. The van der Waals surface area contributed by atoms with Crippen LogP contribution in [0.5, 0.6) is 11.5 Å². The van der Waals surface area contributed by atoms with E-state index in [1.165, 1.54) is 6.07 Å². The predicted molar refractivity (Wildman–Crippen MR) is 88.7 cm³/mol. The molecule has 1 aromatic rings. The number of aromatic hydroxyl groups is 1. The van der Waals surface area contributed by atoms with Crippen molar-refractivity contribution in [2.45, 2.75) is 18.4 Å². The van der Waals surface area contributed by atoms with Crippen molar-refractivity contribution in [1.29, 1.82) is 0 Å². The molecule has 0 aliphatic carbocycles. The number of phenols is 1. The van der Waals surface area contributed by atoms with Gasteiger partial charge in [0.25, 0.3) is 0 Å². The maximum atomic E-state index is 11.3. The fraction of sp³-hybridized carbons (Fsp3) is 0.312. The minimum absolute atomic E-state index is 0.000864. The Morgan fingerprint density at radius 2 is 2.17 bits per heavy atom. The number of hydrogen-bond acceptors (Lipinski definition) is 6. The third-order valence-electron chi connectivity index (χ3n) is 3.31. The molecule has 0 saturated carbocycles. The van der Waals surface area contributed by atoms with Crippen molar-refractivity contribution in [2.24, 2.45) is 4.99 Å². The summed E-state index contributed by atoms with van der Waals surface area (Å²) in [6.07, 6.45) is 5.64. The molecular formula is C16H15NO6S. The lowest BCUT2D eigenvalue weighted by atomic mass is 10.1.